The van der Waals surface area contributed by atoms with Crippen LogP contribution in [0.5, 0.6) is 11.5 Å². The molecule has 0 aliphatic carbocycles. The molecule has 3 aromatic carbocycles. The quantitative estimate of drug-likeness (QED) is 0.522. The second-order valence-electron chi connectivity index (χ2n) is 7.75. The minimum absolute atomic E-state index is 0.230. The van der Waals surface area contributed by atoms with Crippen LogP contribution in [0.1, 0.15) is 11.1 Å². The maximum atomic E-state index is 6.33. The summed E-state index contributed by atoms with van der Waals surface area (Å²) in [6, 6.07) is 22.7. The Morgan fingerprint density at radius 1 is 0.871 bits per heavy atom. The minimum Gasteiger partial charge on any atom is -0.454 e. The number of benzene rings is 3. The number of nitrogens with zero attached hydrogens (tertiary/aromatic N) is 3. The predicted molar refractivity (Wildman–Crippen MR) is 125 cm³/mol. The second-order valence-corrected chi connectivity index (χ2v) is 8.16. The molecule has 158 valence electrons. The summed E-state index contributed by atoms with van der Waals surface area (Å²) < 4.78 is 10.8. The SMILES string of the molecule is Clc1cc2c(cc1C=Nc1ccc(N3CCN(Cc4ccccc4)CC3)cc1)OCO2. The zero-order chi connectivity index (χ0) is 21.0. The van der Waals surface area contributed by atoms with Crippen molar-refractivity contribution in [2.75, 3.05) is 37.9 Å². The van der Waals surface area contributed by atoms with Crippen molar-refractivity contribution in [2.24, 2.45) is 4.99 Å². The Balaban J connectivity index is 1.19. The van der Waals surface area contributed by atoms with Gasteiger partial charge in [0.1, 0.15) is 0 Å². The molecule has 0 saturated carbocycles. The van der Waals surface area contributed by atoms with Gasteiger partial charge in [-0.1, -0.05) is 41.9 Å². The fourth-order valence-electron chi connectivity index (χ4n) is 3.93. The third kappa shape index (κ3) is 4.68. The van der Waals surface area contributed by atoms with Crippen LogP contribution in [0.15, 0.2) is 71.7 Å². The zero-order valence-corrected chi connectivity index (χ0v) is 18.0. The van der Waals surface area contributed by atoms with E-state index in [2.05, 4.69) is 57.3 Å². The van der Waals surface area contributed by atoms with Crippen LogP contribution in [-0.4, -0.2) is 44.1 Å². The molecule has 1 saturated heterocycles. The minimum atomic E-state index is 0.230. The van der Waals surface area contributed by atoms with Gasteiger partial charge in [0.2, 0.25) is 6.79 Å². The van der Waals surface area contributed by atoms with E-state index in [1.165, 1.54) is 11.3 Å². The lowest BCUT2D eigenvalue weighted by molar-refractivity contribution is 0.174. The molecule has 0 atom stereocenters. The number of rotatable bonds is 5. The van der Waals surface area contributed by atoms with Crippen molar-refractivity contribution in [3.63, 3.8) is 0 Å². The van der Waals surface area contributed by atoms with Gasteiger partial charge >= 0.3 is 0 Å². The molecule has 5 nitrogen and oxygen atoms in total. The first-order valence-corrected chi connectivity index (χ1v) is 10.9. The molecule has 0 spiro atoms. The van der Waals surface area contributed by atoms with Gasteiger partial charge in [-0.25, -0.2) is 0 Å². The summed E-state index contributed by atoms with van der Waals surface area (Å²) in [5.74, 6) is 1.38. The normalized spacial score (nSPS) is 16.2. The topological polar surface area (TPSA) is 37.3 Å². The molecule has 3 aromatic rings. The van der Waals surface area contributed by atoms with Crippen molar-refractivity contribution in [1.29, 1.82) is 0 Å². The van der Waals surface area contributed by atoms with Crippen LogP contribution < -0.4 is 14.4 Å². The summed E-state index contributed by atoms with van der Waals surface area (Å²) in [6.45, 7) is 5.44. The van der Waals surface area contributed by atoms with Crippen LogP contribution >= 0.6 is 11.6 Å². The van der Waals surface area contributed by atoms with Gasteiger partial charge < -0.3 is 14.4 Å². The number of halogens is 1. The maximum Gasteiger partial charge on any atom is 0.231 e. The fourth-order valence-corrected chi connectivity index (χ4v) is 4.13. The van der Waals surface area contributed by atoms with Gasteiger partial charge in [0.05, 0.1) is 10.7 Å². The van der Waals surface area contributed by atoms with Crippen LogP contribution in [0.4, 0.5) is 11.4 Å². The first-order chi connectivity index (χ1) is 15.2. The Labute approximate surface area is 187 Å². The third-order valence-corrected chi connectivity index (χ3v) is 6.01. The first kappa shape index (κ1) is 19.9. The predicted octanol–water partition coefficient (Wildman–Crippen LogP) is 5.14. The zero-order valence-electron chi connectivity index (χ0n) is 17.2. The molecule has 0 bridgehead atoms. The Morgan fingerprint density at radius 3 is 2.32 bits per heavy atom. The first-order valence-electron chi connectivity index (χ1n) is 10.5. The smallest absolute Gasteiger partial charge is 0.231 e. The largest absolute Gasteiger partial charge is 0.454 e. The standard InChI is InChI=1S/C25H24ClN3O2/c26-23-15-25-24(30-18-31-25)14-20(23)16-27-21-6-8-22(9-7-21)29-12-10-28(11-13-29)17-19-4-2-1-3-5-19/h1-9,14-16H,10-13,17-18H2. The van der Waals surface area contributed by atoms with Crippen molar-refractivity contribution in [2.45, 2.75) is 6.54 Å². The average molecular weight is 434 g/mol. The summed E-state index contributed by atoms with van der Waals surface area (Å²) in [5.41, 5.74) is 4.31. The van der Waals surface area contributed by atoms with Gasteiger partial charge in [-0.15, -0.1) is 0 Å². The van der Waals surface area contributed by atoms with Crippen molar-refractivity contribution in [3.8, 4) is 11.5 Å². The Morgan fingerprint density at radius 2 is 1.58 bits per heavy atom. The molecule has 1 fully saturated rings. The van der Waals surface area contributed by atoms with E-state index in [4.69, 9.17) is 21.1 Å². The van der Waals surface area contributed by atoms with Crippen molar-refractivity contribution in [1.82, 2.24) is 4.90 Å². The lowest BCUT2D eigenvalue weighted by Crippen LogP contribution is -2.45. The van der Waals surface area contributed by atoms with E-state index in [9.17, 15) is 0 Å². The van der Waals surface area contributed by atoms with Crippen molar-refractivity contribution >= 4 is 29.2 Å². The van der Waals surface area contributed by atoms with Crippen LogP contribution in [0.25, 0.3) is 0 Å². The molecule has 6 heteroatoms. The molecule has 5 rings (SSSR count). The third-order valence-electron chi connectivity index (χ3n) is 5.68. The van der Waals surface area contributed by atoms with Gasteiger partial charge in [0.25, 0.3) is 0 Å². The lowest BCUT2D eigenvalue weighted by Gasteiger charge is -2.36. The van der Waals surface area contributed by atoms with Crippen LogP contribution in [0.3, 0.4) is 0 Å². The molecule has 0 radical (unpaired) electrons. The summed E-state index contributed by atoms with van der Waals surface area (Å²) in [5, 5.41) is 0.595. The Kier molecular flexibility index (Phi) is 5.78. The number of piperazine rings is 1. The van der Waals surface area contributed by atoms with Gasteiger partial charge in [-0.3, -0.25) is 9.89 Å². The lowest BCUT2D eigenvalue weighted by atomic mass is 10.2. The fraction of sp³-hybridized carbons (Fsp3) is 0.240. The average Bonchev–Trinajstić information content (AvgIpc) is 3.26. The van der Waals surface area contributed by atoms with Crippen LogP contribution in [-0.2, 0) is 6.54 Å². The molecule has 0 aromatic heterocycles. The highest BCUT2D eigenvalue weighted by atomic mass is 35.5. The van der Waals surface area contributed by atoms with E-state index in [1.54, 1.807) is 12.3 Å². The van der Waals surface area contributed by atoms with Gasteiger partial charge in [0.15, 0.2) is 11.5 Å². The molecule has 2 heterocycles. The molecule has 0 N–H and O–H groups in total. The van der Waals surface area contributed by atoms with E-state index in [0.29, 0.717) is 16.5 Å². The van der Waals surface area contributed by atoms with Crippen LogP contribution in [0, 0.1) is 0 Å². The van der Waals surface area contributed by atoms with Gasteiger partial charge in [0, 0.05) is 56.3 Å². The summed E-state index contributed by atoms with van der Waals surface area (Å²) >= 11 is 6.33. The number of hydrogen-bond donors (Lipinski definition) is 0. The molecule has 0 amide bonds. The summed E-state index contributed by atoms with van der Waals surface area (Å²) in [7, 11) is 0. The van der Waals surface area contributed by atoms with E-state index in [-0.39, 0.29) is 6.79 Å². The Hall–Kier alpha value is -3.02. The van der Waals surface area contributed by atoms with E-state index >= 15 is 0 Å². The molecule has 2 aliphatic rings. The monoisotopic (exact) mass is 433 g/mol. The van der Waals surface area contributed by atoms with E-state index in [1.807, 2.05) is 18.2 Å². The molecular formula is C25H24ClN3O2. The number of hydrogen-bond acceptors (Lipinski definition) is 5. The van der Waals surface area contributed by atoms with E-state index < -0.39 is 0 Å². The molecular weight excluding hydrogens is 410 g/mol. The summed E-state index contributed by atoms with van der Waals surface area (Å²) in [6.07, 6.45) is 1.77. The van der Waals surface area contributed by atoms with Crippen LogP contribution in [0.2, 0.25) is 5.02 Å². The highest BCUT2D eigenvalue weighted by Crippen LogP contribution is 2.36. The molecule has 0 unspecified atom stereocenters. The number of ether oxygens (including phenoxy) is 2. The second kappa shape index (κ2) is 9.00. The maximum absolute atomic E-state index is 6.33. The van der Waals surface area contributed by atoms with Crippen molar-refractivity contribution in [3.05, 3.63) is 82.9 Å². The van der Waals surface area contributed by atoms with Gasteiger partial charge in [-0.2, -0.15) is 0 Å². The number of anilines is 1. The molecule has 2 aliphatic heterocycles. The number of fused-ring (bicyclic) bond motifs is 1. The summed E-state index contributed by atoms with van der Waals surface area (Å²) in [4.78, 5) is 9.52. The Bertz CT molecular complexity index is 1060. The van der Waals surface area contributed by atoms with Crippen molar-refractivity contribution < 1.29 is 9.47 Å². The molecule has 31 heavy (non-hydrogen) atoms. The highest BCUT2D eigenvalue weighted by Gasteiger charge is 2.18. The highest BCUT2D eigenvalue weighted by molar-refractivity contribution is 6.33. The van der Waals surface area contributed by atoms with E-state index in [0.717, 1.165) is 44.0 Å². The number of aliphatic imine (C=N–C) groups is 1. The van der Waals surface area contributed by atoms with Gasteiger partial charge in [-0.05, 0) is 35.9 Å².